The molecule has 0 radical (unpaired) electrons. The predicted octanol–water partition coefficient (Wildman–Crippen LogP) is 4.35. The number of aliphatic hydroxyl groups is 1. The number of Topliss-reactive ketones (excluding diaryl/α,β-unsaturated/α-hetero) is 1. The summed E-state index contributed by atoms with van der Waals surface area (Å²) in [6.07, 6.45) is 1.37. The van der Waals surface area contributed by atoms with Gasteiger partial charge >= 0.3 is 0 Å². The molecule has 3 unspecified atom stereocenters. The van der Waals surface area contributed by atoms with Crippen LogP contribution in [0.4, 0.5) is 0 Å². The first-order valence-corrected chi connectivity index (χ1v) is 8.95. The van der Waals surface area contributed by atoms with Crippen LogP contribution in [-0.2, 0) is 4.79 Å². The zero-order valence-corrected chi connectivity index (χ0v) is 14.1. The van der Waals surface area contributed by atoms with Crippen molar-refractivity contribution < 1.29 is 15.4 Å². The number of hydrogen-bond acceptors (Lipinski definition) is 2. The number of carbonyl (C=O) groups excluding carboxylic acids is 1. The zero-order chi connectivity index (χ0) is 19.3. The van der Waals surface area contributed by atoms with Gasteiger partial charge in [-0.1, -0.05) is 13.8 Å². The van der Waals surface area contributed by atoms with Gasteiger partial charge in [-0.15, -0.1) is 0 Å². The Balaban J connectivity index is 1.77. The Bertz CT molecular complexity index is 639. The van der Waals surface area contributed by atoms with Crippen molar-refractivity contribution in [2.75, 3.05) is 0 Å². The molecule has 1 N–H and O–H groups in total. The average molecular weight is 308 g/mol. The van der Waals surface area contributed by atoms with Gasteiger partial charge in [0.15, 0.2) is 0 Å². The van der Waals surface area contributed by atoms with Gasteiger partial charge in [0.25, 0.3) is 0 Å². The van der Waals surface area contributed by atoms with Gasteiger partial charge in [-0.25, -0.2) is 0 Å². The number of rotatable bonds is 0. The van der Waals surface area contributed by atoms with Crippen LogP contribution in [0.3, 0.4) is 0 Å². The van der Waals surface area contributed by atoms with Crippen LogP contribution in [0, 0.1) is 34.5 Å². The van der Waals surface area contributed by atoms with E-state index in [0.717, 1.165) is 32.1 Å². The lowest BCUT2D eigenvalue weighted by atomic mass is 9.44. The Kier molecular flexibility index (Phi) is 2.34. The minimum absolute atomic E-state index is 0.0945. The van der Waals surface area contributed by atoms with Crippen LogP contribution in [-0.4, -0.2) is 16.5 Å². The first kappa shape index (κ1) is 11.2. The molecule has 0 aromatic carbocycles. The van der Waals surface area contributed by atoms with Crippen LogP contribution in [0.1, 0.15) is 84.0 Å². The third-order valence-electron chi connectivity index (χ3n) is 8.12. The summed E-state index contributed by atoms with van der Waals surface area (Å²) in [6, 6.07) is 0. The van der Waals surface area contributed by atoms with E-state index in [-0.39, 0.29) is 11.3 Å². The molecular formula is C20H32O2. The minimum atomic E-state index is -1.26. The molecule has 4 rings (SSSR count). The second kappa shape index (κ2) is 4.59. The lowest BCUT2D eigenvalue weighted by Gasteiger charge is -2.60. The number of carbonyl (C=O) groups is 1. The van der Waals surface area contributed by atoms with Crippen molar-refractivity contribution in [2.24, 2.45) is 34.5 Å². The fourth-order valence-corrected chi connectivity index (χ4v) is 6.44. The lowest BCUT2D eigenvalue weighted by molar-refractivity contribution is -0.152. The van der Waals surface area contributed by atoms with E-state index in [4.69, 9.17) is 5.48 Å². The molecule has 4 aliphatic rings. The molecule has 4 fully saturated rings. The summed E-state index contributed by atoms with van der Waals surface area (Å²) in [5, 5.41) is 11.0. The van der Waals surface area contributed by atoms with E-state index >= 15 is 0 Å². The van der Waals surface area contributed by atoms with Gasteiger partial charge in [-0.3, -0.25) is 4.79 Å². The highest BCUT2D eigenvalue weighted by molar-refractivity contribution is 5.79. The molecule has 0 aromatic rings. The van der Waals surface area contributed by atoms with E-state index in [1.54, 1.807) is 0 Å². The Labute approximate surface area is 140 Å². The van der Waals surface area contributed by atoms with E-state index in [2.05, 4.69) is 6.92 Å². The van der Waals surface area contributed by atoms with Gasteiger partial charge < -0.3 is 5.11 Å². The molecule has 0 heterocycles. The van der Waals surface area contributed by atoms with Crippen LogP contribution in [0.15, 0.2) is 0 Å². The normalized spacial score (nSPS) is 73.9. The highest BCUT2D eigenvalue weighted by Gasteiger charge is 2.63. The van der Waals surface area contributed by atoms with Crippen LogP contribution >= 0.6 is 0 Å². The van der Waals surface area contributed by atoms with Crippen molar-refractivity contribution in [3.63, 3.8) is 0 Å². The summed E-state index contributed by atoms with van der Waals surface area (Å²) in [6.45, 7) is 6.09. The number of fused-ring (bicyclic) bond motifs is 5. The molecule has 22 heavy (non-hydrogen) atoms. The summed E-state index contributed by atoms with van der Waals surface area (Å²) in [5.41, 5.74) is -1.61. The molecule has 0 amide bonds. The molecule has 2 heteroatoms. The Morgan fingerprint density at radius 2 is 1.86 bits per heavy atom. The first-order chi connectivity index (χ1) is 11.9. The summed E-state index contributed by atoms with van der Waals surface area (Å²) < 4.78 is 34.5. The highest BCUT2D eigenvalue weighted by atomic mass is 16.3. The fourth-order valence-electron chi connectivity index (χ4n) is 6.44. The van der Waals surface area contributed by atoms with Crippen LogP contribution in [0.5, 0.6) is 0 Å². The second-order valence-electron chi connectivity index (χ2n) is 8.87. The molecule has 0 bridgehead atoms. The van der Waals surface area contributed by atoms with Gasteiger partial charge in [0.05, 0.1) is 5.60 Å². The molecule has 124 valence electrons. The summed E-state index contributed by atoms with van der Waals surface area (Å²) in [4.78, 5) is 12.4. The molecular weight excluding hydrogens is 272 g/mol. The highest BCUT2D eigenvalue weighted by Crippen LogP contribution is 2.67. The molecule has 4 saturated carbocycles. The largest absolute Gasteiger partial charge is 0.390 e. The predicted molar refractivity (Wildman–Crippen MR) is 87.4 cm³/mol. The van der Waals surface area contributed by atoms with E-state index in [1.165, 1.54) is 0 Å². The number of hydrogen-bond donors (Lipinski definition) is 1. The standard InChI is InChI=1S/C20H32O2/c1-18-9-6-14(21)12-13(18)4-5-15-16(18)7-10-19(2)17(15)8-11-20(19,3)22/h13,15-17,22H,4-12H2,1-3H3/t13-,15+,16-,17-,18-,19-,20-/m0/s1/i6D,9D,12D,13D/t6?,9?,12?,13-,15+,16-,17-,18-,19-,20-. The van der Waals surface area contributed by atoms with E-state index in [9.17, 15) is 9.90 Å². The third-order valence-corrected chi connectivity index (χ3v) is 8.12. The van der Waals surface area contributed by atoms with Crippen molar-refractivity contribution in [3.8, 4) is 0 Å². The Morgan fingerprint density at radius 3 is 2.64 bits per heavy atom. The van der Waals surface area contributed by atoms with E-state index in [1.807, 2.05) is 13.8 Å². The Hall–Kier alpha value is -0.370. The summed E-state index contributed by atoms with van der Waals surface area (Å²) in [5.74, 6) is -1.01. The maximum absolute atomic E-state index is 12.4. The zero-order valence-electron chi connectivity index (χ0n) is 18.1. The smallest absolute Gasteiger partial charge is 0.133 e. The van der Waals surface area contributed by atoms with Gasteiger partial charge in [0.2, 0.25) is 0 Å². The molecule has 0 saturated heterocycles. The van der Waals surface area contributed by atoms with E-state index < -0.39 is 41.9 Å². The van der Waals surface area contributed by atoms with Crippen LogP contribution in [0.25, 0.3) is 0 Å². The quantitative estimate of drug-likeness (QED) is 0.722. The molecule has 0 spiro atoms. The van der Waals surface area contributed by atoms with Crippen molar-refractivity contribution in [1.29, 1.82) is 0 Å². The Morgan fingerprint density at radius 1 is 1.14 bits per heavy atom. The van der Waals surface area contributed by atoms with Gasteiger partial charge in [0, 0.05) is 18.3 Å². The minimum Gasteiger partial charge on any atom is -0.390 e. The van der Waals surface area contributed by atoms with E-state index in [0.29, 0.717) is 18.3 Å². The topological polar surface area (TPSA) is 37.3 Å². The third kappa shape index (κ3) is 1.79. The second-order valence-corrected chi connectivity index (χ2v) is 8.87. The van der Waals surface area contributed by atoms with Crippen molar-refractivity contribution in [2.45, 2.75) is 84.1 Å². The molecule has 0 aliphatic heterocycles. The van der Waals surface area contributed by atoms with Crippen LogP contribution < -0.4 is 0 Å². The van der Waals surface area contributed by atoms with Crippen molar-refractivity contribution in [3.05, 3.63) is 0 Å². The van der Waals surface area contributed by atoms with Gasteiger partial charge in [-0.05, 0) is 86.3 Å². The summed E-state index contributed by atoms with van der Waals surface area (Å²) in [7, 11) is 0. The van der Waals surface area contributed by atoms with Crippen molar-refractivity contribution in [1.82, 2.24) is 0 Å². The molecule has 10 atom stereocenters. The number of ketones is 1. The fraction of sp³-hybridized carbons (Fsp3) is 0.950. The van der Waals surface area contributed by atoms with Gasteiger partial charge in [0.1, 0.15) is 5.78 Å². The lowest BCUT2D eigenvalue weighted by Crippen LogP contribution is -2.55. The molecule has 4 aliphatic carbocycles. The van der Waals surface area contributed by atoms with Crippen LogP contribution in [0.2, 0.25) is 0 Å². The molecule has 0 aromatic heterocycles. The SMILES string of the molecule is [2H]C1C(=O)C([2H])[C@]2([2H])CC[C@H]3[C@@H]4CC[C@](C)(O)[C@@]4(C)CC[C@@H]3[C@@]2(C)C1[2H]. The van der Waals surface area contributed by atoms with Gasteiger partial charge in [-0.2, -0.15) is 0 Å². The molecule has 2 nitrogen and oxygen atoms in total. The maximum Gasteiger partial charge on any atom is 0.133 e. The van der Waals surface area contributed by atoms with Crippen molar-refractivity contribution >= 4 is 5.78 Å². The first-order valence-electron chi connectivity index (χ1n) is 11.2. The summed E-state index contributed by atoms with van der Waals surface area (Å²) >= 11 is 0. The maximum atomic E-state index is 12.4. The monoisotopic (exact) mass is 308 g/mol. The average Bonchev–Trinajstić information content (AvgIpc) is 2.84.